The topological polar surface area (TPSA) is 91.6 Å². The molecule has 0 unspecified atom stereocenters. The lowest BCUT2D eigenvalue weighted by Gasteiger charge is -2.20. The van der Waals surface area contributed by atoms with Crippen molar-refractivity contribution in [2.24, 2.45) is 0 Å². The number of anilines is 1. The summed E-state index contributed by atoms with van der Waals surface area (Å²) in [4.78, 5) is 40.1. The van der Waals surface area contributed by atoms with Crippen molar-refractivity contribution in [2.45, 2.75) is 18.5 Å². The Kier molecular flexibility index (Phi) is 4.35. The van der Waals surface area contributed by atoms with Crippen molar-refractivity contribution in [2.75, 3.05) is 11.9 Å². The molecule has 2 N–H and O–H groups in total. The highest BCUT2D eigenvalue weighted by molar-refractivity contribution is 6.11. The van der Waals surface area contributed by atoms with Crippen LogP contribution in [0, 0.1) is 0 Å². The Hall–Kier alpha value is -3.87. The summed E-state index contributed by atoms with van der Waals surface area (Å²) in [5.74, 6) is -0.0544. The largest absolute Gasteiger partial charge is 0.464 e. The molecule has 1 fully saturated rings. The molecule has 0 aliphatic carbocycles. The average Bonchev–Trinajstić information content (AvgIpc) is 3.43. The van der Waals surface area contributed by atoms with Gasteiger partial charge in [0.2, 0.25) is 5.91 Å². The first-order chi connectivity index (χ1) is 14.6. The Morgan fingerprint density at radius 1 is 1.07 bits per heavy atom. The van der Waals surface area contributed by atoms with Crippen molar-refractivity contribution in [1.82, 2.24) is 10.2 Å². The molecule has 5 rings (SSSR count). The van der Waals surface area contributed by atoms with E-state index in [2.05, 4.69) is 10.6 Å². The van der Waals surface area contributed by atoms with Crippen LogP contribution in [0.2, 0.25) is 0 Å². The molecule has 0 spiro atoms. The summed E-state index contributed by atoms with van der Waals surface area (Å²) >= 11 is 0. The van der Waals surface area contributed by atoms with Crippen molar-refractivity contribution in [3.8, 4) is 11.3 Å². The van der Waals surface area contributed by atoms with E-state index in [1.807, 2.05) is 18.2 Å². The Balaban J connectivity index is 1.40. The first-order valence-electron chi connectivity index (χ1n) is 9.76. The van der Waals surface area contributed by atoms with Gasteiger partial charge in [-0.3, -0.25) is 14.4 Å². The van der Waals surface area contributed by atoms with Gasteiger partial charge in [-0.25, -0.2) is 0 Å². The lowest BCUT2D eigenvalue weighted by Crippen LogP contribution is -2.41. The zero-order valence-electron chi connectivity index (χ0n) is 16.0. The molecule has 30 heavy (non-hydrogen) atoms. The van der Waals surface area contributed by atoms with Gasteiger partial charge in [0.05, 0.1) is 17.5 Å². The van der Waals surface area contributed by atoms with Crippen LogP contribution in [-0.4, -0.2) is 41.2 Å². The molecular weight excluding hydrogens is 382 g/mol. The number of amides is 3. The summed E-state index contributed by atoms with van der Waals surface area (Å²) in [7, 11) is 0. The maximum absolute atomic E-state index is 13.3. The van der Waals surface area contributed by atoms with Crippen molar-refractivity contribution in [3.63, 3.8) is 0 Å². The molecule has 1 aromatic heterocycles. The first kappa shape index (κ1) is 18.2. The highest BCUT2D eigenvalue weighted by Crippen LogP contribution is 2.32. The molecule has 3 heterocycles. The monoisotopic (exact) mass is 401 g/mol. The Morgan fingerprint density at radius 2 is 1.90 bits per heavy atom. The van der Waals surface area contributed by atoms with E-state index in [1.54, 1.807) is 53.6 Å². The van der Waals surface area contributed by atoms with Crippen molar-refractivity contribution in [1.29, 1.82) is 0 Å². The van der Waals surface area contributed by atoms with Crippen LogP contribution in [0.25, 0.3) is 11.3 Å². The fraction of sp³-hybridized carbons (Fsp3) is 0.174. The molecule has 1 saturated heterocycles. The van der Waals surface area contributed by atoms with Gasteiger partial charge in [0.15, 0.2) is 0 Å². The van der Waals surface area contributed by atoms with Crippen LogP contribution in [0.4, 0.5) is 5.69 Å². The number of furan rings is 1. The summed E-state index contributed by atoms with van der Waals surface area (Å²) in [6, 6.07) is 16.8. The summed E-state index contributed by atoms with van der Waals surface area (Å²) in [5, 5.41) is 5.80. The number of fused-ring (bicyclic) bond motifs is 2. The summed E-state index contributed by atoms with van der Waals surface area (Å²) in [6.07, 6.45) is 1.94. The second-order valence-electron chi connectivity index (χ2n) is 7.47. The fourth-order valence-corrected chi connectivity index (χ4v) is 4.07. The average molecular weight is 401 g/mol. The molecule has 0 saturated carbocycles. The molecular formula is C23H19N3O4. The van der Waals surface area contributed by atoms with E-state index in [0.717, 1.165) is 5.56 Å². The van der Waals surface area contributed by atoms with Gasteiger partial charge in [-0.15, -0.1) is 0 Å². The standard InChI is InChI=1S/C23H19N3O4/c27-21(14-5-2-1-3-6-14)24-16-12-19-22(28)25-18-9-8-15(20-7-4-10-30-20)11-17(18)23(29)26(19)13-16/h1-11,16,19H,12-13H2,(H,24,27)(H,25,28)/t16-,19-/m0/s1. The van der Waals surface area contributed by atoms with Gasteiger partial charge >= 0.3 is 0 Å². The van der Waals surface area contributed by atoms with Gasteiger partial charge in [0, 0.05) is 23.7 Å². The maximum Gasteiger partial charge on any atom is 0.256 e. The summed E-state index contributed by atoms with van der Waals surface area (Å²) in [5.41, 5.74) is 2.20. The van der Waals surface area contributed by atoms with E-state index in [1.165, 1.54) is 0 Å². The third-order valence-corrected chi connectivity index (χ3v) is 5.55. The van der Waals surface area contributed by atoms with Crippen LogP contribution in [0.1, 0.15) is 27.1 Å². The number of rotatable bonds is 3. The van der Waals surface area contributed by atoms with Gasteiger partial charge in [0.25, 0.3) is 11.8 Å². The normalized spacial score (nSPS) is 20.2. The van der Waals surface area contributed by atoms with E-state index in [-0.39, 0.29) is 30.3 Å². The smallest absolute Gasteiger partial charge is 0.256 e. The number of carbonyl (C=O) groups excluding carboxylic acids is 3. The molecule has 2 aliphatic heterocycles. The zero-order chi connectivity index (χ0) is 20.7. The summed E-state index contributed by atoms with van der Waals surface area (Å²) in [6.45, 7) is 0.278. The third kappa shape index (κ3) is 3.14. The Labute approximate surface area is 172 Å². The maximum atomic E-state index is 13.3. The predicted octanol–water partition coefficient (Wildman–Crippen LogP) is 2.91. The second kappa shape index (κ2) is 7.18. The van der Waals surface area contributed by atoms with E-state index in [9.17, 15) is 14.4 Å². The zero-order valence-corrected chi connectivity index (χ0v) is 16.0. The van der Waals surface area contributed by atoms with E-state index in [4.69, 9.17) is 4.42 Å². The van der Waals surface area contributed by atoms with Crippen LogP contribution >= 0.6 is 0 Å². The van der Waals surface area contributed by atoms with Crippen LogP contribution < -0.4 is 10.6 Å². The number of nitrogens with one attached hydrogen (secondary N) is 2. The van der Waals surface area contributed by atoms with Gasteiger partial charge < -0.3 is 20.0 Å². The van der Waals surface area contributed by atoms with Crippen molar-refractivity contribution in [3.05, 3.63) is 78.1 Å². The lowest BCUT2D eigenvalue weighted by molar-refractivity contribution is -0.119. The molecule has 2 aromatic carbocycles. The molecule has 0 bridgehead atoms. The molecule has 7 nitrogen and oxygen atoms in total. The number of nitrogens with zero attached hydrogens (tertiary/aromatic N) is 1. The molecule has 3 aromatic rings. The fourth-order valence-electron chi connectivity index (χ4n) is 4.07. The van der Waals surface area contributed by atoms with Gasteiger partial charge in [0.1, 0.15) is 11.8 Å². The van der Waals surface area contributed by atoms with Crippen molar-refractivity contribution >= 4 is 23.4 Å². The van der Waals surface area contributed by atoms with Crippen LogP contribution in [-0.2, 0) is 4.79 Å². The van der Waals surface area contributed by atoms with Crippen LogP contribution in [0.3, 0.4) is 0 Å². The number of hydrogen-bond donors (Lipinski definition) is 2. The van der Waals surface area contributed by atoms with Gasteiger partial charge in [-0.2, -0.15) is 0 Å². The SMILES string of the molecule is O=C(N[C@H]1C[C@H]2C(=O)Nc3ccc(-c4ccco4)cc3C(=O)N2C1)c1ccccc1. The number of benzene rings is 2. The molecule has 7 heteroatoms. The highest BCUT2D eigenvalue weighted by atomic mass is 16.3. The van der Waals surface area contributed by atoms with E-state index in [0.29, 0.717) is 29.0 Å². The molecule has 2 aliphatic rings. The van der Waals surface area contributed by atoms with E-state index < -0.39 is 6.04 Å². The minimum atomic E-state index is -0.627. The molecule has 2 atom stereocenters. The number of hydrogen-bond acceptors (Lipinski definition) is 4. The van der Waals surface area contributed by atoms with Crippen LogP contribution in [0.15, 0.2) is 71.3 Å². The number of carbonyl (C=O) groups is 3. The van der Waals surface area contributed by atoms with Gasteiger partial charge in [-0.05, 0) is 48.9 Å². The third-order valence-electron chi connectivity index (χ3n) is 5.55. The van der Waals surface area contributed by atoms with Crippen LogP contribution in [0.5, 0.6) is 0 Å². The predicted molar refractivity (Wildman–Crippen MR) is 110 cm³/mol. The molecule has 150 valence electrons. The summed E-state index contributed by atoms with van der Waals surface area (Å²) < 4.78 is 5.43. The minimum absolute atomic E-state index is 0.216. The Morgan fingerprint density at radius 3 is 2.67 bits per heavy atom. The van der Waals surface area contributed by atoms with Crippen molar-refractivity contribution < 1.29 is 18.8 Å². The molecule has 3 amide bonds. The van der Waals surface area contributed by atoms with E-state index >= 15 is 0 Å². The second-order valence-corrected chi connectivity index (χ2v) is 7.47. The first-order valence-corrected chi connectivity index (χ1v) is 9.76. The lowest BCUT2D eigenvalue weighted by atomic mass is 10.1. The van der Waals surface area contributed by atoms with Gasteiger partial charge in [-0.1, -0.05) is 18.2 Å². The highest BCUT2D eigenvalue weighted by Gasteiger charge is 2.43. The quantitative estimate of drug-likeness (QED) is 0.706. The Bertz CT molecular complexity index is 1120. The molecule has 0 radical (unpaired) electrons. The minimum Gasteiger partial charge on any atom is -0.464 e.